The van der Waals surface area contributed by atoms with Gasteiger partial charge in [-0.2, -0.15) is 5.10 Å². The minimum atomic E-state index is -3.35. The molecule has 1 aromatic heterocycles. The van der Waals surface area contributed by atoms with Crippen LogP contribution < -0.4 is 5.32 Å². The van der Waals surface area contributed by atoms with Crippen LogP contribution in [0.25, 0.3) is 0 Å². The zero-order valence-corrected chi connectivity index (χ0v) is 11.6. The molecular formula is C10H15N3O5S. The van der Waals surface area contributed by atoms with Crippen molar-refractivity contribution in [3.05, 3.63) is 12.4 Å². The van der Waals surface area contributed by atoms with Crippen molar-refractivity contribution in [2.24, 2.45) is 0 Å². The summed E-state index contributed by atoms with van der Waals surface area (Å²) < 4.78 is 28.4. The van der Waals surface area contributed by atoms with Crippen LogP contribution in [-0.2, 0) is 30.7 Å². The Balaban J connectivity index is 2.88. The quantitative estimate of drug-likeness (QED) is 0.694. The molecule has 1 N–H and O–H groups in total. The molecule has 1 atom stereocenters. The van der Waals surface area contributed by atoms with E-state index in [1.807, 2.05) is 0 Å². The van der Waals surface area contributed by atoms with Crippen LogP contribution in [0.2, 0.25) is 0 Å². The number of hydrogen-bond donors (Lipinski definition) is 1. The molecule has 1 amide bonds. The molecule has 0 saturated heterocycles. The zero-order valence-electron chi connectivity index (χ0n) is 10.8. The smallest absolute Gasteiger partial charge is 0.330 e. The number of carbonyl (C=O) groups is 2. The first-order chi connectivity index (χ1) is 8.74. The lowest BCUT2D eigenvalue weighted by Gasteiger charge is -2.15. The summed E-state index contributed by atoms with van der Waals surface area (Å²) in [4.78, 5) is 22.5. The molecule has 8 nitrogen and oxygen atoms in total. The third-order valence-corrected chi connectivity index (χ3v) is 3.34. The SMILES string of the molecule is COC(=O)C(Cn1cc(S(C)(=O)=O)cn1)NC(C)=O. The van der Waals surface area contributed by atoms with E-state index in [0.29, 0.717) is 0 Å². The maximum Gasteiger partial charge on any atom is 0.330 e. The van der Waals surface area contributed by atoms with E-state index in [4.69, 9.17) is 0 Å². The Morgan fingerprint density at radius 2 is 2.16 bits per heavy atom. The predicted octanol–water partition coefficient (Wildman–Crippen LogP) is -1.04. The van der Waals surface area contributed by atoms with Crippen molar-refractivity contribution in [3.8, 4) is 0 Å². The largest absolute Gasteiger partial charge is 0.467 e. The van der Waals surface area contributed by atoms with Gasteiger partial charge in [0.05, 0.1) is 19.9 Å². The monoisotopic (exact) mass is 289 g/mol. The Labute approximate surface area is 110 Å². The number of amides is 1. The first-order valence-corrected chi connectivity index (χ1v) is 7.20. The number of hydrogen-bond acceptors (Lipinski definition) is 6. The molecule has 0 aliphatic heterocycles. The highest BCUT2D eigenvalue weighted by atomic mass is 32.2. The number of esters is 1. The fraction of sp³-hybridized carbons (Fsp3) is 0.500. The Hall–Kier alpha value is -1.90. The van der Waals surface area contributed by atoms with Gasteiger partial charge in [0.1, 0.15) is 10.9 Å². The van der Waals surface area contributed by atoms with Gasteiger partial charge in [0.2, 0.25) is 5.91 Å². The second-order valence-electron chi connectivity index (χ2n) is 3.95. The molecule has 106 valence electrons. The highest BCUT2D eigenvalue weighted by Crippen LogP contribution is 2.07. The number of methoxy groups -OCH3 is 1. The molecule has 0 fully saturated rings. The number of nitrogens with zero attached hydrogens (tertiary/aromatic N) is 2. The minimum absolute atomic E-state index is 0.0121. The van der Waals surface area contributed by atoms with Crippen molar-refractivity contribution in [3.63, 3.8) is 0 Å². The van der Waals surface area contributed by atoms with Crippen LogP contribution in [0.15, 0.2) is 17.3 Å². The molecule has 0 bridgehead atoms. The topological polar surface area (TPSA) is 107 Å². The summed E-state index contributed by atoms with van der Waals surface area (Å²) in [5.74, 6) is -1.03. The maximum absolute atomic E-state index is 11.5. The highest BCUT2D eigenvalue weighted by Gasteiger charge is 2.21. The van der Waals surface area contributed by atoms with Crippen LogP contribution in [0.4, 0.5) is 0 Å². The maximum atomic E-state index is 11.5. The van der Waals surface area contributed by atoms with E-state index in [1.54, 1.807) is 0 Å². The molecule has 1 heterocycles. The number of nitrogens with one attached hydrogen (secondary N) is 1. The van der Waals surface area contributed by atoms with Crippen LogP contribution in [-0.4, -0.2) is 49.5 Å². The van der Waals surface area contributed by atoms with Crippen molar-refractivity contribution >= 4 is 21.7 Å². The fourth-order valence-electron chi connectivity index (χ4n) is 1.39. The summed E-state index contributed by atoms with van der Waals surface area (Å²) in [5, 5.41) is 6.23. The van der Waals surface area contributed by atoms with E-state index in [-0.39, 0.29) is 11.4 Å². The number of rotatable bonds is 5. The van der Waals surface area contributed by atoms with E-state index in [1.165, 1.54) is 31.1 Å². The molecule has 1 rings (SSSR count). The summed E-state index contributed by atoms with van der Waals surface area (Å²) in [6.45, 7) is 1.25. The lowest BCUT2D eigenvalue weighted by atomic mass is 10.3. The summed E-state index contributed by atoms with van der Waals surface area (Å²) in [5.41, 5.74) is 0. The summed E-state index contributed by atoms with van der Waals surface area (Å²) in [6.07, 6.45) is 3.52. The fourth-order valence-corrected chi connectivity index (χ4v) is 1.94. The molecule has 0 aliphatic rings. The molecule has 1 aromatic rings. The van der Waals surface area contributed by atoms with Gasteiger partial charge in [-0.1, -0.05) is 0 Å². The number of sulfone groups is 1. The van der Waals surface area contributed by atoms with Gasteiger partial charge in [-0.3, -0.25) is 9.48 Å². The molecule has 9 heteroatoms. The standard InChI is InChI=1S/C10H15N3O5S/c1-7(14)12-9(10(15)18-2)6-13-5-8(4-11-13)19(3,16)17/h4-5,9H,6H2,1-3H3,(H,12,14). The lowest BCUT2D eigenvalue weighted by Crippen LogP contribution is -2.43. The van der Waals surface area contributed by atoms with Crippen LogP contribution in [0.1, 0.15) is 6.92 Å². The van der Waals surface area contributed by atoms with Crippen LogP contribution in [0.5, 0.6) is 0 Å². The van der Waals surface area contributed by atoms with Crippen LogP contribution in [0, 0.1) is 0 Å². The molecule has 0 aliphatic carbocycles. The van der Waals surface area contributed by atoms with Gasteiger partial charge in [0, 0.05) is 19.4 Å². The Kier molecular flexibility index (Phi) is 4.65. The lowest BCUT2D eigenvalue weighted by molar-refractivity contribution is -0.145. The van der Waals surface area contributed by atoms with E-state index in [0.717, 1.165) is 6.26 Å². The van der Waals surface area contributed by atoms with Gasteiger partial charge in [-0.25, -0.2) is 13.2 Å². The van der Waals surface area contributed by atoms with Gasteiger partial charge in [0.25, 0.3) is 0 Å². The zero-order chi connectivity index (χ0) is 14.6. The number of carbonyl (C=O) groups excluding carboxylic acids is 2. The third kappa shape index (κ3) is 4.36. The van der Waals surface area contributed by atoms with Crippen molar-refractivity contribution in [2.75, 3.05) is 13.4 Å². The Morgan fingerprint density at radius 3 is 2.58 bits per heavy atom. The van der Waals surface area contributed by atoms with Crippen molar-refractivity contribution in [2.45, 2.75) is 24.4 Å². The van der Waals surface area contributed by atoms with E-state index in [9.17, 15) is 18.0 Å². The van der Waals surface area contributed by atoms with Crippen molar-refractivity contribution < 1.29 is 22.7 Å². The van der Waals surface area contributed by atoms with Gasteiger partial charge >= 0.3 is 5.97 Å². The van der Waals surface area contributed by atoms with Crippen LogP contribution in [0.3, 0.4) is 0 Å². The average Bonchev–Trinajstić information content (AvgIpc) is 2.74. The van der Waals surface area contributed by atoms with Crippen molar-refractivity contribution in [1.82, 2.24) is 15.1 Å². The summed E-state index contributed by atoms with van der Waals surface area (Å²) in [6, 6.07) is -0.921. The average molecular weight is 289 g/mol. The van der Waals surface area contributed by atoms with Gasteiger partial charge < -0.3 is 10.1 Å². The molecular weight excluding hydrogens is 274 g/mol. The molecule has 0 spiro atoms. The number of ether oxygens (including phenoxy) is 1. The van der Waals surface area contributed by atoms with E-state index < -0.39 is 27.8 Å². The molecule has 0 saturated carbocycles. The normalized spacial score (nSPS) is 12.8. The molecule has 0 radical (unpaired) electrons. The molecule has 19 heavy (non-hydrogen) atoms. The highest BCUT2D eigenvalue weighted by molar-refractivity contribution is 7.90. The molecule has 0 aromatic carbocycles. The van der Waals surface area contributed by atoms with Gasteiger partial charge in [-0.05, 0) is 0 Å². The van der Waals surface area contributed by atoms with Crippen LogP contribution >= 0.6 is 0 Å². The van der Waals surface area contributed by atoms with Gasteiger partial charge in [0.15, 0.2) is 9.84 Å². The predicted molar refractivity (Wildman–Crippen MR) is 65.0 cm³/mol. The number of aromatic nitrogens is 2. The second-order valence-corrected chi connectivity index (χ2v) is 5.96. The Morgan fingerprint density at radius 1 is 1.53 bits per heavy atom. The summed E-state index contributed by atoms with van der Waals surface area (Å²) >= 11 is 0. The Bertz CT molecular complexity index is 578. The second kappa shape index (κ2) is 5.83. The molecule has 1 unspecified atom stereocenters. The van der Waals surface area contributed by atoms with Gasteiger partial charge in [-0.15, -0.1) is 0 Å². The first-order valence-electron chi connectivity index (χ1n) is 5.31. The third-order valence-electron chi connectivity index (χ3n) is 2.27. The van der Waals surface area contributed by atoms with E-state index >= 15 is 0 Å². The van der Waals surface area contributed by atoms with Crippen molar-refractivity contribution in [1.29, 1.82) is 0 Å². The first kappa shape index (κ1) is 15.2. The summed E-state index contributed by atoms with van der Waals surface area (Å²) in [7, 11) is -2.16. The van der Waals surface area contributed by atoms with E-state index in [2.05, 4.69) is 15.2 Å². The minimum Gasteiger partial charge on any atom is -0.467 e.